The summed E-state index contributed by atoms with van der Waals surface area (Å²) < 4.78 is 38.3. The maximum atomic E-state index is 12.8. The monoisotopic (exact) mass is 295 g/mol. The Balaban J connectivity index is 1.95. The summed E-state index contributed by atoms with van der Waals surface area (Å²) in [6.45, 7) is 0.0710. The molecular formula is C16H16F3NO. The van der Waals surface area contributed by atoms with Gasteiger partial charge in [-0.25, -0.2) is 0 Å². The number of hydrogen-bond acceptors (Lipinski definition) is 1. The molecule has 1 aliphatic rings. The number of halogens is 3. The highest BCUT2D eigenvalue weighted by Crippen LogP contribution is 2.31. The minimum atomic E-state index is -4.42. The minimum Gasteiger partial charge on any atom is -0.345 e. The van der Waals surface area contributed by atoms with Crippen molar-refractivity contribution in [2.24, 2.45) is 5.92 Å². The van der Waals surface area contributed by atoms with Gasteiger partial charge in [-0.1, -0.05) is 36.8 Å². The average molecular weight is 295 g/mol. The van der Waals surface area contributed by atoms with Gasteiger partial charge >= 0.3 is 6.18 Å². The Kier molecular flexibility index (Phi) is 4.89. The van der Waals surface area contributed by atoms with Crippen molar-refractivity contribution in [3.8, 4) is 11.8 Å². The number of carbonyl (C=O) groups excluding carboxylic acids is 1. The van der Waals surface area contributed by atoms with Crippen LogP contribution in [0.4, 0.5) is 13.2 Å². The van der Waals surface area contributed by atoms with Crippen molar-refractivity contribution in [1.82, 2.24) is 5.32 Å². The molecule has 1 N–H and O–H groups in total. The van der Waals surface area contributed by atoms with Crippen LogP contribution in [0.3, 0.4) is 0 Å². The topological polar surface area (TPSA) is 29.1 Å². The third-order valence-corrected chi connectivity index (χ3v) is 3.53. The Bertz CT molecular complexity index is 563. The van der Waals surface area contributed by atoms with Gasteiger partial charge in [0.2, 0.25) is 5.91 Å². The summed E-state index contributed by atoms with van der Waals surface area (Å²) in [5.74, 6) is 5.05. The minimum absolute atomic E-state index is 0.0364. The smallest absolute Gasteiger partial charge is 0.345 e. The first-order valence-corrected chi connectivity index (χ1v) is 6.91. The van der Waals surface area contributed by atoms with E-state index in [2.05, 4.69) is 17.2 Å². The molecule has 1 saturated carbocycles. The van der Waals surface area contributed by atoms with Gasteiger partial charge in [0.1, 0.15) is 0 Å². The van der Waals surface area contributed by atoms with Crippen molar-refractivity contribution in [2.45, 2.75) is 31.9 Å². The molecule has 0 bridgehead atoms. The fraction of sp³-hybridized carbons (Fsp3) is 0.438. The normalized spacial score (nSPS) is 15.4. The number of hydrogen-bond donors (Lipinski definition) is 1. The summed E-state index contributed by atoms with van der Waals surface area (Å²) >= 11 is 0. The number of carbonyl (C=O) groups is 1. The molecule has 0 aromatic heterocycles. The van der Waals surface area contributed by atoms with Crippen LogP contribution in [0, 0.1) is 17.8 Å². The van der Waals surface area contributed by atoms with Crippen LogP contribution in [0.2, 0.25) is 0 Å². The SMILES string of the molecule is O=C(NCC#Cc1ccccc1C(F)(F)F)C1CCCC1. The molecule has 0 unspecified atom stereocenters. The summed E-state index contributed by atoms with van der Waals surface area (Å²) in [7, 11) is 0. The predicted molar refractivity (Wildman–Crippen MR) is 73.3 cm³/mol. The van der Waals surface area contributed by atoms with Crippen molar-refractivity contribution in [3.05, 3.63) is 35.4 Å². The van der Waals surface area contributed by atoms with Crippen molar-refractivity contribution >= 4 is 5.91 Å². The van der Waals surface area contributed by atoms with Crippen LogP contribution in [-0.2, 0) is 11.0 Å². The van der Waals surface area contributed by atoms with Crippen molar-refractivity contribution in [2.75, 3.05) is 6.54 Å². The number of nitrogens with one attached hydrogen (secondary N) is 1. The quantitative estimate of drug-likeness (QED) is 0.833. The van der Waals surface area contributed by atoms with E-state index < -0.39 is 11.7 Å². The van der Waals surface area contributed by atoms with Gasteiger partial charge in [0.05, 0.1) is 12.1 Å². The van der Waals surface area contributed by atoms with Crippen LogP contribution in [0.25, 0.3) is 0 Å². The second-order valence-electron chi connectivity index (χ2n) is 5.04. The van der Waals surface area contributed by atoms with Crippen LogP contribution >= 0.6 is 0 Å². The molecule has 0 atom stereocenters. The van der Waals surface area contributed by atoms with Crippen LogP contribution in [0.5, 0.6) is 0 Å². The third-order valence-electron chi connectivity index (χ3n) is 3.53. The predicted octanol–water partition coefficient (Wildman–Crippen LogP) is 3.36. The van der Waals surface area contributed by atoms with E-state index in [-0.39, 0.29) is 23.9 Å². The van der Waals surface area contributed by atoms with E-state index in [4.69, 9.17) is 0 Å². The van der Waals surface area contributed by atoms with E-state index in [0.29, 0.717) is 0 Å². The molecular weight excluding hydrogens is 279 g/mol. The fourth-order valence-electron chi connectivity index (χ4n) is 2.44. The summed E-state index contributed by atoms with van der Waals surface area (Å²) in [5, 5.41) is 2.66. The zero-order chi connectivity index (χ0) is 15.3. The summed E-state index contributed by atoms with van der Waals surface area (Å²) in [6, 6.07) is 5.17. The van der Waals surface area contributed by atoms with Crippen molar-refractivity contribution in [1.29, 1.82) is 0 Å². The first kappa shape index (κ1) is 15.4. The molecule has 1 fully saturated rings. The first-order chi connectivity index (χ1) is 9.98. The fourth-order valence-corrected chi connectivity index (χ4v) is 2.44. The lowest BCUT2D eigenvalue weighted by molar-refractivity contribution is -0.137. The van der Waals surface area contributed by atoms with Gasteiger partial charge < -0.3 is 5.32 Å². The van der Waals surface area contributed by atoms with Gasteiger partial charge in [-0.05, 0) is 25.0 Å². The van der Waals surface area contributed by atoms with Crippen LogP contribution in [-0.4, -0.2) is 12.5 Å². The van der Waals surface area contributed by atoms with Gasteiger partial charge in [0.25, 0.3) is 0 Å². The summed E-state index contributed by atoms with van der Waals surface area (Å²) in [4.78, 5) is 11.7. The van der Waals surface area contributed by atoms with E-state index in [0.717, 1.165) is 31.7 Å². The van der Waals surface area contributed by atoms with E-state index in [1.807, 2.05) is 0 Å². The molecule has 1 aliphatic carbocycles. The maximum absolute atomic E-state index is 12.8. The van der Waals surface area contributed by atoms with Gasteiger partial charge in [0, 0.05) is 11.5 Å². The Labute approximate surface area is 121 Å². The first-order valence-electron chi connectivity index (χ1n) is 6.91. The van der Waals surface area contributed by atoms with E-state index >= 15 is 0 Å². The molecule has 1 amide bonds. The third kappa shape index (κ3) is 4.25. The Hall–Kier alpha value is -1.96. The van der Waals surface area contributed by atoms with Crippen molar-refractivity contribution < 1.29 is 18.0 Å². The summed E-state index contributed by atoms with van der Waals surface area (Å²) in [5.41, 5.74) is -0.820. The Morgan fingerprint density at radius 2 is 1.90 bits per heavy atom. The maximum Gasteiger partial charge on any atom is 0.417 e. The van der Waals surface area contributed by atoms with Crippen LogP contribution in [0.15, 0.2) is 24.3 Å². The van der Waals surface area contributed by atoms with Gasteiger partial charge in [0.15, 0.2) is 0 Å². The molecule has 112 valence electrons. The van der Waals surface area contributed by atoms with E-state index in [9.17, 15) is 18.0 Å². The van der Waals surface area contributed by atoms with Gasteiger partial charge in [-0.3, -0.25) is 4.79 Å². The standard InChI is InChI=1S/C16H16F3NO/c17-16(18,19)14-10-4-3-6-12(14)9-5-11-20-15(21)13-7-1-2-8-13/h3-4,6,10,13H,1-2,7-8,11H2,(H,20,21). The van der Waals surface area contributed by atoms with Gasteiger partial charge in [-0.15, -0.1) is 0 Å². The average Bonchev–Trinajstić information content (AvgIpc) is 2.97. The molecule has 0 radical (unpaired) electrons. The molecule has 1 aromatic carbocycles. The second-order valence-corrected chi connectivity index (χ2v) is 5.04. The molecule has 0 aliphatic heterocycles. The molecule has 0 heterocycles. The zero-order valence-corrected chi connectivity index (χ0v) is 11.5. The molecule has 2 nitrogen and oxygen atoms in total. The number of benzene rings is 1. The van der Waals surface area contributed by atoms with E-state index in [1.54, 1.807) is 0 Å². The summed E-state index contributed by atoms with van der Waals surface area (Å²) in [6.07, 6.45) is -0.532. The number of alkyl halides is 3. The van der Waals surface area contributed by atoms with E-state index in [1.165, 1.54) is 18.2 Å². The lowest BCUT2D eigenvalue weighted by Crippen LogP contribution is -2.29. The lowest BCUT2D eigenvalue weighted by Gasteiger charge is -2.08. The second kappa shape index (κ2) is 6.66. The zero-order valence-electron chi connectivity index (χ0n) is 11.5. The van der Waals surface area contributed by atoms with Gasteiger partial charge in [-0.2, -0.15) is 13.2 Å². The molecule has 21 heavy (non-hydrogen) atoms. The van der Waals surface area contributed by atoms with Crippen molar-refractivity contribution in [3.63, 3.8) is 0 Å². The molecule has 0 spiro atoms. The van der Waals surface area contributed by atoms with Crippen LogP contribution < -0.4 is 5.32 Å². The van der Waals surface area contributed by atoms with Crippen LogP contribution in [0.1, 0.15) is 36.8 Å². The lowest BCUT2D eigenvalue weighted by atomic mass is 10.1. The highest BCUT2D eigenvalue weighted by molar-refractivity contribution is 5.79. The number of amides is 1. The highest BCUT2D eigenvalue weighted by Gasteiger charge is 2.32. The Morgan fingerprint density at radius 3 is 2.57 bits per heavy atom. The highest BCUT2D eigenvalue weighted by atomic mass is 19.4. The molecule has 5 heteroatoms. The molecule has 0 saturated heterocycles. The molecule has 2 rings (SSSR count). The molecule has 1 aromatic rings. The number of rotatable bonds is 2. The largest absolute Gasteiger partial charge is 0.417 e. The Morgan fingerprint density at radius 1 is 1.24 bits per heavy atom.